The van der Waals surface area contributed by atoms with Gasteiger partial charge in [0.05, 0.1) is 0 Å². The Morgan fingerprint density at radius 3 is 2.89 bits per heavy atom. The number of hydrogen-bond donors (Lipinski definition) is 1. The Labute approximate surface area is 115 Å². The number of nitrogens with zero attached hydrogens (tertiary/aromatic N) is 1. The summed E-state index contributed by atoms with van der Waals surface area (Å²) in [6.07, 6.45) is 3.71. The SMILES string of the molecule is CC1CC(CN2CCSCC2S(C)(=O)=O)CCN1. The Kier molecular flexibility index (Phi) is 4.97. The van der Waals surface area contributed by atoms with E-state index in [1.807, 2.05) is 0 Å². The van der Waals surface area contributed by atoms with Gasteiger partial charge in [-0.25, -0.2) is 8.42 Å². The van der Waals surface area contributed by atoms with Gasteiger partial charge in [-0.1, -0.05) is 0 Å². The first-order valence-electron chi connectivity index (χ1n) is 6.71. The van der Waals surface area contributed by atoms with Crippen LogP contribution in [0.2, 0.25) is 0 Å². The third kappa shape index (κ3) is 3.85. The van der Waals surface area contributed by atoms with E-state index < -0.39 is 9.84 Å². The van der Waals surface area contributed by atoms with Gasteiger partial charge in [-0.15, -0.1) is 0 Å². The highest BCUT2D eigenvalue weighted by atomic mass is 32.2. The Bertz CT molecular complexity index is 372. The van der Waals surface area contributed by atoms with E-state index in [9.17, 15) is 8.42 Å². The number of rotatable bonds is 3. The first kappa shape index (κ1) is 14.6. The molecule has 6 heteroatoms. The van der Waals surface area contributed by atoms with E-state index in [1.165, 1.54) is 19.1 Å². The lowest BCUT2D eigenvalue weighted by Crippen LogP contribution is -2.50. The van der Waals surface area contributed by atoms with E-state index in [2.05, 4.69) is 17.1 Å². The van der Waals surface area contributed by atoms with E-state index in [4.69, 9.17) is 0 Å². The molecular formula is C12H24N2O2S2. The lowest BCUT2D eigenvalue weighted by molar-refractivity contribution is 0.189. The summed E-state index contributed by atoms with van der Waals surface area (Å²) in [4.78, 5) is 2.20. The Hall–Kier alpha value is 0.220. The Balaban J connectivity index is 1.97. The molecular weight excluding hydrogens is 268 g/mol. The maximum Gasteiger partial charge on any atom is 0.164 e. The van der Waals surface area contributed by atoms with Crippen LogP contribution >= 0.6 is 11.8 Å². The second-order valence-electron chi connectivity index (χ2n) is 5.60. The number of hydrogen-bond acceptors (Lipinski definition) is 5. The van der Waals surface area contributed by atoms with Crippen LogP contribution in [0.4, 0.5) is 0 Å². The predicted molar refractivity (Wildman–Crippen MR) is 77.7 cm³/mol. The fourth-order valence-electron chi connectivity index (χ4n) is 2.95. The average molecular weight is 292 g/mol. The zero-order valence-corrected chi connectivity index (χ0v) is 12.9. The van der Waals surface area contributed by atoms with Crippen molar-refractivity contribution in [2.24, 2.45) is 5.92 Å². The van der Waals surface area contributed by atoms with Crippen LogP contribution in [0.15, 0.2) is 0 Å². The molecule has 0 saturated carbocycles. The Morgan fingerprint density at radius 1 is 1.44 bits per heavy atom. The Morgan fingerprint density at radius 2 is 2.22 bits per heavy atom. The number of piperidine rings is 1. The minimum atomic E-state index is -2.95. The smallest absolute Gasteiger partial charge is 0.164 e. The molecule has 1 N–H and O–H groups in total. The largest absolute Gasteiger partial charge is 0.314 e. The summed E-state index contributed by atoms with van der Waals surface area (Å²) in [6.45, 7) is 5.15. The van der Waals surface area contributed by atoms with Gasteiger partial charge in [-0.2, -0.15) is 11.8 Å². The van der Waals surface area contributed by atoms with Crippen molar-refractivity contribution < 1.29 is 8.42 Å². The summed E-state index contributed by atoms with van der Waals surface area (Å²) in [5, 5.41) is 3.19. The molecule has 0 aromatic heterocycles. The normalized spacial score (nSPS) is 35.6. The molecule has 0 spiro atoms. The summed E-state index contributed by atoms with van der Waals surface area (Å²) < 4.78 is 23.7. The van der Waals surface area contributed by atoms with E-state index in [0.717, 1.165) is 31.1 Å². The summed E-state index contributed by atoms with van der Waals surface area (Å²) >= 11 is 1.76. The molecule has 4 nitrogen and oxygen atoms in total. The molecule has 3 unspecified atom stereocenters. The third-order valence-electron chi connectivity index (χ3n) is 3.91. The average Bonchev–Trinajstić information content (AvgIpc) is 2.28. The summed E-state index contributed by atoms with van der Waals surface area (Å²) in [6, 6.07) is 0.569. The predicted octanol–water partition coefficient (Wildman–Crippen LogP) is 0.794. The molecule has 0 aliphatic carbocycles. The van der Waals surface area contributed by atoms with Gasteiger partial charge in [0.25, 0.3) is 0 Å². The fourth-order valence-corrected chi connectivity index (χ4v) is 5.90. The number of sulfone groups is 1. The van der Waals surface area contributed by atoms with Crippen molar-refractivity contribution in [2.75, 3.05) is 37.4 Å². The molecule has 0 aromatic rings. The molecule has 0 aromatic carbocycles. The van der Waals surface area contributed by atoms with Crippen LogP contribution in [0.1, 0.15) is 19.8 Å². The highest BCUT2D eigenvalue weighted by molar-refractivity contribution is 8.00. The molecule has 18 heavy (non-hydrogen) atoms. The highest BCUT2D eigenvalue weighted by Crippen LogP contribution is 2.24. The molecule has 0 radical (unpaired) electrons. The molecule has 106 valence electrons. The minimum absolute atomic E-state index is 0.263. The van der Waals surface area contributed by atoms with Gasteiger partial charge in [-0.05, 0) is 32.2 Å². The lowest BCUT2D eigenvalue weighted by Gasteiger charge is -2.38. The van der Waals surface area contributed by atoms with Crippen LogP contribution < -0.4 is 5.32 Å². The van der Waals surface area contributed by atoms with Gasteiger partial charge in [-0.3, -0.25) is 4.90 Å². The fraction of sp³-hybridized carbons (Fsp3) is 1.00. The minimum Gasteiger partial charge on any atom is -0.314 e. The van der Waals surface area contributed by atoms with Crippen molar-refractivity contribution >= 4 is 21.6 Å². The molecule has 2 rings (SSSR count). The van der Waals surface area contributed by atoms with Crippen molar-refractivity contribution in [3.05, 3.63) is 0 Å². The van der Waals surface area contributed by atoms with Crippen molar-refractivity contribution in [3.8, 4) is 0 Å². The quantitative estimate of drug-likeness (QED) is 0.833. The van der Waals surface area contributed by atoms with Gasteiger partial charge in [0.15, 0.2) is 9.84 Å². The van der Waals surface area contributed by atoms with Gasteiger partial charge < -0.3 is 5.32 Å². The molecule has 0 bridgehead atoms. The molecule has 2 aliphatic rings. The van der Waals surface area contributed by atoms with E-state index in [0.29, 0.717) is 12.0 Å². The van der Waals surface area contributed by atoms with Gasteiger partial charge >= 0.3 is 0 Å². The molecule has 2 heterocycles. The maximum absolute atomic E-state index is 11.8. The standard InChI is InChI=1S/C12H24N2O2S2/c1-10-7-11(3-4-13-10)8-14-5-6-17-9-12(14)18(2,15)16/h10-13H,3-9H2,1-2H3. The van der Waals surface area contributed by atoms with Crippen molar-refractivity contribution in [1.29, 1.82) is 0 Å². The third-order valence-corrected chi connectivity index (χ3v) is 6.60. The van der Waals surface area contributed by atoms with Crippen LogP contribution in [0.3, 0.4) is 0 Å². The molecule has 3 atom stereocenters. The summed E-state index contributed by atoms with van der Waals surface area (Å²) in [5.74, 6) is 2.44. The van der Waals surface area contributed by atoms with Gasteiger partial charge in [0.1, 0.15) is 5.37 Å². The summed E-state index contributed by atoms with van der Waals surface area (Å²) in [7, 11) is -2.95. The number of thioether (sulfide) groups is 1. The monoisotopic (exact) mass is 292 g/mol. The van der Waals surface area contributed by atoms with Crippen molar-refractivity contribution in [2.45, 2.75) is 31.2 Å². The van der Waals surface area contributed by atoms with Gasteiger partial charge in [0.2, 0.25) is 0 Å². The van der Waals surface area contributed by atoms with Crippen LogP contribution in [0.25, 0.3) is 0 Å². The van der Waals surface area contributed by atoms with Crippen molar-refractivity contribution in [3.63, 3.8) is 0 Å². The van der Waals surface area contributed by atoms with Crippen LogP contribution in [0.5, 0.6) is 0 Å². The van der Waals surface area contributed by atoms with Crippen LogP contribution in [0, 0.1) is 5.92 Å². The molecule has 2 fully saturated rings. The van der Waals surface area contributed by atoms with Crippen LogP contribution in [-0.4, -0.2) is 62.1 Å². The zero-order chi connectivity index (χ0) is 13.2. The molecule has 2 aliphatic heterocycles. The zero-order valence-electron chi connectivity index (χ0n) is 11.3. The summed E-state index contributed by atoms with van der Waals surface area (Å²) in [5.41, 5.74) is 0. The van der Waals surface area contributed by atoms with Gasteiger partial charge in [0, 0.05) is 36.9 Å². The first-order chi connectivity index (χ1) is 8.47. The molecule has 2 saturated heterocycles. The second kappa shape index (κ2) is 6.11. The van der Waals surface area contributed by atoms with E-state index >= 15 is 0 Å². The van der Waals surface area contributed by atoms with Crippen molar-refractivity contribution in [1.82, 2.24) is 10.2 Å². The molecule has 0 amide bonds. The topological polar surface area (TPSA) is 49.4 Å². The highest BCUT2D eigenvalue weighted by Gasteiger charge is 2.33. The lowest BCUT2D eigenvalue weighted by atomic mass is 9.93. The number of nitrogens with one attached hydrogen (secondary N) is 1. The maximum atomic E-state index is 11.8. The van der Waals surface area contributed by atoms with E-state index in [-0.39, 0.29) is 5.37 Å². The van der Waals surface area contributed by atoms with Crippen LogP contribution in [-0.2, 0) is 9.84 Å². The van der Waals surface area contributed by atoms with E-state index in [1.54, 1.807) is 11.8 Å². The first-order valence-corrected chi connectivity index (χ1v) is 9.82. The second-order valence-corrected chi connectivity index (χ2v) is 8.95.